The van der Waals surface area contributed by atoms with Crippen LogP contribution in [-0.4, -0.2) is 23.5 Å². The van der Waals surface area contributed by atoms with Crippen LogP contribution in [0.25, 0.3) is 0 Å². The maximum atomic E-state index is 11.3. The van der Waals surface area contributed by atoms with Crippen molar-refractivity contribution in [3.8, 4) is 6.07 Å². The highest BCUT2D eigenvalue weighted by molar-refractivity contribution is 7.99. The summed E-state index contributed by atoms with van der Waals surface area (Å²) in [5.41, 5.74) is 0. The molecule has 0 aliphatic carbocycles. The lowest BCUT2D eigenvalue weighted by molar-refractivity contribution is -0.124. The Labute approximate surface area is 76.5 Å². The van der Waals surface area contributed by atoms with Crippen molar-refractivity contribution in [2.45, 2.75) is 19.4 Å². The fraction of sp³-hybridized carbons (Fsp3) is 0.750. The van der Waals surface area contributed by atoms with Gasteiger partial charge in [-0.1, -0.05) is 0 Å². The Morgan fingerprint density at radius 3 is 3.08 bits per heavy atom. The van der Waals surface area contributed by atoms with Gasteiger partial charge in [0.25, 0.3) is 0 Å². The van der Waals surface area contributed by atoms with Crippen LogP contribution in [0.5, 0.6) is 0 Å². The number of nitrogens with zero attached hydrogens (tertiary/aromatic N) is 1. The molecule has 1 fully saturated rings. The van der Waals surface area contributed by atoms with Gasteiger partial charge >= 0.3 is 0 Å². The van der Waals surface area contributed by atoms with Gasteiger partial charge < -0.3 is 5.32 Å². The molecule has 0 spiro atoms. The van der Waals surface area contributed by atoms with Crippen LogP contribution < -0.4 is 5.32 Å². The molecule has 1 saturated heterocycles. The third kappa shape index (κ3) is 2.42. The Bertz CT molecular complexity index is 206. The average Bonchev–Trinajstić information content (AvgIpc) is 2.56. The maximum absolute atomic E-state index is 11.3. The van der Waals surface area contributed by atoms with Crippen molar-refractivity contribution in [1.29, 1.82) is 5.26 Å². The van der Waals surface area contributed by atoms with E-state index in [1.54, 1.807) is 18.7 Å². The van der Waals surface area contributed by atoms with Gasteiger partial charge in [-0.3, -0.25) is 4.79 Å². The average molecular weight is 184 g/mol. The number of carbonyl (C=O) groups excluding carboxylic acids is 1. The Kier molecular flexibility index (Phi) is 3.42. The molecule has 0 radical (unpaired) electrons. The molecule has 1 aliphatic rings. The molecule has 1 N–H and O–H groups in total. The van der Waals surface area contributed by atoms with Crippen LogP contribution in [0.2, 0.25) is 0 Å². The molecule has 0 aromatic rings. The lowest BCUT2D eigenvalue weighted by Gasteiger charge is -2.10. The first-order valence-corrected chi connectivity index (χ1v) is 5.17. The van der Waals surface area contributed by atoms with E-state index in [0.717, 1.165) is 17.9 Å². The molecule has 1 aliphatic heterocycles. The number of hydrogen-bond acceptors (Lipinski definition) is 3. The third-order valence-corrected chi connectivity index (χ3v) is 3.02. The zero-order valence-electron chi connectivity index (χ0n) is 7.04. The molecule has 1 heterocycles. The van der Waals surface area contributed by atoms with E-state index in [4.69, 9.17) is 5.26 Å². The number of nitrogens with one attached hydrogen (secondary N) is 1. The SMILES string of the molecule is CC(C#N)NC(=O)C1CCSC1. The Morgan fingerprint density at radius 1 is 1.83 bits per heavy atom. The molecule has 0 bridgehead atoms. The van der Waals surface area contributed by atoms with Crippen molar-refractivity contribution in [2.24, 2.45) is 5.92 Å². The Hall–Kier alpha value is -0.690. The lowest BCUT2D eigenvalue weighted by Crippen LogP contribution is -2.36. The minimum atomic E-state index is -0.358. The fourth-order valence-corrected chi connectivity index (χ4v) is 2.33. The maximum Gasteiger partial charge on any atom is 0.224 e. The Morgan fingerprint density at radius 2 is 2.58 bits per heavy atom. The van der Waals surface area contributed by atoms with Crippen molar-refractivity contribution in [1.82, 2.24) is 5.32 Å². The number of amides is 1. The van der Waals surface area contributed by atoms with Crippen LogP contribution in [-0.2, 0) is 4.79 Å². The predicted octanol–water partition coefficient (Wildman–Crippen LogP) is 0.768. The highest BCUT2D eigenvalue weighted by atomic mass is 32.2. The monoisotopic (exact) mass is 184 g/mol. The van der Waals surface area contributed by atoms with Crippen molar-refractivity contribution < 1.29 is 4.79 Å². The van der Waals surface area contributed by atoms with E-state index in [2.05, 4.69) is 5.32 Å². The van der Waals surface area contributed by atoms with Gasteiger partial charge in [0.05, 0.1) is 6.07 Å². The molecule has 2 atom stereocenters. The zero-order valence-corrected chi connectivity index (χ0v) is 7.86. The van der Waals surface area contributed by atoms with Crippen LogP contribution in [0.4, 0.5) is 0 Å². The van der Waals surface area contributed by atoms with Gasteiger partial charge in [-0.15, -0.1) is 0 Å². The summed E-state index contributed by atoms with van der Waals surface area (Å²) in [6.45, 7) is 1.69. The summed E-state index contributed by atoms with van der Waals surface area (Å²) in [5, 5.41) is 11.1. The van der Waals surface area contributed by atoms with Crippen LogP contribution in [0.3, 0.4) is 0 Å². The zero-order chi connectivity index (χ0) is 8.97. The Balaban J connectivity index is 2.33. The van der Waals surface area contributed by atoms with Crippen LogP contribution in [0, 0.1) is 17.2 Å². The molecular weight excluding hydrogens is 172 g/mol. The number of rotatable bonds is 2. The molecule has 1 rings (SSSR count). The molecule has 66 valence electrons. The number of hydrogen-bond donors (Lipinski definition) is 1. The van der Waals surface area contributed by atoms with Crippen molar-refractivity contribution in [3.05, 3.63) is 0 Å². The van der Waals surface area contributed by atoms with Gasteiger partial charge in [0.15, 0.2) is 0 Å². The fourth-order valence-electron chi connectivity index (χ4n) is 1.10. The normalized spacial score (nSPS) is 24.5. The van der Waals surface area contributed by atoms with Gasteiger partial charge in [0.1, 0.15) is 6.04 Å². The highest BCUT2D eigenvalue weighted by Gasteiger charge is 2.23. The van der Waals surface area contributed by atoms with Gasteiger partial charge in [-0.05, 0) is 19.1 Å². The number of carbonyl (C=O) groups is 1. The van der Waals surface area contributed by atoms with Crippen molar-refractivity contribution >= 4 is 17.7 Å². The van der Waals surface area contributed by atoms with E-state index in [-0.39, 0.29) is 17.9 Å². The second-order valence-corrected chi connectivity index (χ2v) is 4.07. The molecule has 0 aromatic carbocycles. The molecular formula is C8H12N2OS. The summed E-state index contributed by atoms with van der Waals surface area (Å²) in [7, 11) is 0. The van der Waals surface area contributed by atoms with E-state index < -0.39 is 0 Å². The van der Waals surface area contributed by atoms with Crippen LogP contribution in [0.1, 0.15) is 13.3 Å². The first-order valence-electron chi connectivity index (χ1n) is 4.01. The van der Waals surface area contributed by atoms with Gasteiger partial charge in [-0.2, -0.15) is 17.0 Å². The van der Waals surface area contributed by atoms with Gasteiger partial charge in [0.2, 0.25) is 5.91 Å². The molecule has 2 unspecified atom stereocenters. The molecule has 1 amide bonds. The molecule has 0 aromatic heterocycles. The topological polar surface area (TPSA) is 52.9 Å². The lowest BCUT2D eigenvalue weighted by atomic mass is 10.1. The van der Waals surface area contributed by atoms with Crippen LogP contribution >= 0.6 is 11.8 Å². The van der Waals surface area contributed by atoms with E-state index in [1.807, 2.05) is 6.07 Å². The first kappa shape index (κ1) is 9.40. The third-order valence-electron chi connectivity index (χ3n) is 1.85. The van der Waals surface area contributed by atoms with Gasteiger partial charge in [-0.25, -0.2) is 0 Å². The molecule has 4 heteroatoms. The van der Waals surface area contributed by atoms with E-state index >= 15 is 0 Å². The van der Waals surface area contributed by atoms with E-state index in [9.17, 15) is 4.79 Å². The minimum absolute atomic E-state index is 0.0362. The summed E-state index contributed by atoms with van der Waals surface area (Å²) in [6, 6.07) is 1.62. The second kappa shape index (κ2) is 4.36. The van der Waals surface area contributed by atoms with E-state index in [0.29, 0.717) is 0 Å². The molecule has 3 nitrogen and oxygen atoms in total. The minimum Gasteiger partial charge on any atom is -0.340 e. The number of thioether (sulfide) groups is 1. The largest absolute Gasteiger partial charge is 0.340 e. The van der Waals surface area contributed by atoms with Crippen molar-refractivity contribution in [3.63, 3.8) is 0 Å². The number of nitriles is 1. The summed E-state index contributed by atoms with van der Waals surface area (Å²) in [5.74, 6) is 2.14. The quantitative estimate of drug-likeness (QED) is 0.689. The summed E-state index contributed by atoms with van der Waals surface area (Å²) >= 11 is 1.80. The van der Waals surface area contributed by atoms with Crippen LogP contribution in [0.15, 0.2) is 0 Å². The van der Waals surface area contributed by atoms with Crippen molar-refractivity contribution in [2.75, 3.05) is 11.5 Å². The summed E-state index contributed by atoms with van der Waals surface area (Å²) < 4.78 is 0. The van der Waals surface area contributed by atoms with E-state index in [1.165, 1.54) is 0 Å². The summed E-state index contributed by atoms with van der Waals surface area (Å²) in [4.78, 5) is 11.3. The first-order chi connectivity index (χ1) is 5.74. The highest BCUT2D eigenvalue weighted by Crippen LogP contribution is 2.23. The predicted molar refractivity (Wildman–Crippen MR) is 48.6 cm³/mol. The van der Waals surface area contributed by atoms with Gasteiger partial charge in [0, 0.05) is 11.7 Å². The smallest absolute Gasteiger partial charge is 0.224 e. The standard InChI is InChI=1S/C8H12N2OS/c1-6(4-9)10-8(11)7-2-3-12-5-7/h6-7H,2-3,5H2,1H3,(H,10,11). The second-order valence-electron chi connectivity index (χ2n) is 2.92. The molecule has 12 heavy (non-hydrogen) atoms. The molecule has 0 saturated carbocycles. The summed E-state index contributed by atoms with van der Waals surface area (Å²) in [6.07, 6.45) is 0.953.